The molecule has 0 saturated carbocycles. The van der Waals surface area contributed by atoms with Crippen molar-refractivity contribution in [3.63, 3.8) is 0 Å². The third-order valence-electron chi connectivity index (χ3n) is 3.09. The van der Waals surface area contributed by atoms with Crippen molar-refractivity contribution in [1.82, 2.24) is 0 Å². The van der Waals surface area contributed by atoms with E-state index in [-0.39, 0.29) is 18.3 Å². The number of aliphatic hydroxyl groups excluding tert-OH is 1. The zero-order valence-corrected chi connectivity index (χ0v) is 12.2. The maximum Gasteiger partial charge on any atom is 0.417 e. The van der Waals surface area contributed by atoms with Crippen molar-refractivity contribution in [2.24, 2.45) is 0 Å². The molecule has 0 spiro atoms. The Bertz CT molecular complexity index is 662. The van der Waals surface area contributed by atoms with Gasteiger partial charge in [-0.3, -0.25) is 0 Å². The number of benzene rings is 1. The number of alkyl halides is 3. The van der Waals surface area contributed by atoms with Gasteiger partial charge < -0.3 is 10.4 Å². The van der Waals surface area contributed by atoms with Crippen LogP contribution >= 0.6 is 11.3 Å². The standard InChI is InChI=1S/C15H13F3N2OS/c16-15(17,18)12-8-11(4-3-10(12)9-19)20-13(5-6-21)14-2-1-7-22-14/h1-4,7-8,13,20-21H,5-6H2. The minimum absolute atomic E-state index is 0.0853. The Hall–Kier alpha value is -2.04. The van der Waals surface area contributed by atoms with Gasteiger partial charge in [0.15, 0.2) is 0 Å². The average Bonchev–Trinajstić information content (AvgIpc) is 3.00. The van der Waals surface area contributed by atoms with Gasteiger partial charge in [0.2, 0.25) is 0 Å². The Balaban J connectivity index is 2.31. The molecule has 2 rings (SSSR count). The van der Waals surface area contributed by atoms with Gasteiger partial charge in [-0.15, -0.1) is 11.3 Å². The van der Waals surface area contributed by atoms with Gasteiger partial charge in [0.05, 0.1) is 23.2 Å². The summed E-state index contributed by atoms with van der Waals surface area (Å²) in [5.74, 6) is 0. The van der Waals surface area contributed by atoms with Crippen LogP contribution in [0.25, 0.3) is 0 Å². The Kier molecular flexibility index (Phi) is 5.06. The quantitative estimate of drug-likeness (QED) is 0.867. The molecule has 0 bridgehead atoms. The van der Waals surface area contributed by atoms with E-state index in [9.17, 15) is 13.2 Å². The summed E-state index contributed by atoms with van der Waals surface area (Å²) in [5.41, 5.74) is -1.11. The molecule has 0 aliphatic rings. The van der Waals surface area contributed by atoms with Crippen molar-refractivity contribution >= 4 is 17.0 Å². The van der Waals surface area contributed by atoms with Gasteiger partial charge in [0.1, 0.15) is 0 Å². The normalized spacial score (nSPS) is 12.7. The summed E-state index contributed by atoms with van der Waals surface area (Å²) in [4.78, 5) is 0.923. The van der Waals surface area contributed by atoms with Gasteiger partial charge in [-0.2, -0.15) is 18.4 Å². The summed E-state index contributed by atoms with van der Waals surface area (Å²) in [7, 11) is 0. The Morgan fingerprint density at radius 1 is 1.32 bits per heavy atom. The second kappa shape index (κ2) is 6.81. The number of halogens is 3. The van der Waals surface area contributed by atoms with Gasteiger partial charge in [-0.25, -0.2) is 0 Å². The van der Waals surface area contributed by atoms with E-state index >= 15 is 0 Å². The summed E-state index contributed by atoms with van der Waals surface area (Å²) in [6, 6.07) is 8.48. The molecular weight excluding hydrogens is 313 g/mol. The van der Waals surface area contributed by atoms with E-state index in [0.29, 0.717) is 6.42 Å². The first-order valence-corrected chi connectivity index (χ1v) is 7.36. The van der Waals surface area contributed by atoms with E-state index in [1.54, 1.807) is 6.07 Å². The minimum Gasteiger partial charge on any atom is -0.396 e. The molecule has 0 aliphatic carbocycles. The number of hydrogen-bond acceptors (Lipinski definition) is 4. The highest BCUT2D eigenvalue weighted by Crippen LogP contribution is 2.35. The number of nitrogens with zero attached hydrogens (tertiary/aromatic N) is 1. The lowest BCUT2D eigenvalue weighted by Gasteiger charge is -2.19. The van der Waals surface area contributed by atoms with Crippen LogP contribution in [0.1, 0.15) is 28.5 Å². The maximum absolute atomic E-state index is 13.0. The lowest BCUT2D eigenvalue weighted by atomic mass is 10.1. The molecule has 22 heavy (non-hydrogen) atoms. The van der Waals surface area contributed by atoms with Crippen LogP contribution < -0.4 is 5.32 Å². The highest BCUT2D eigenvalue weighted by atomic mass is 32.1. The van der Waals surface area contributed by atoms with Crippen molar-refractivity contribution in [3.05, 3.63) is 51.7 Å². The Morgan fingerprint density at radius 3 is 2.64 bits per heavy atom. The Labute approximate surface area is 129 Å². The number of hydrogen-bond donors (Lipinski definition) is 2. The summed E-state index contributed by atoms with van der Waals surface area (Å²) in [6.07, 6.45) is -4.21. The van der Waals surface area contributed by atoms with Gasteiger partial charge in [0, 0.05) is 17.2 Å². The van der Waals surface area contributed by atoms with Crippen LogP contribution in [0.5, 0.6) is 0 Å². The first-order valence-electron chi connectivity index (χ1n) is 6.48. The topological polar surface area (TPSA) is 56.0 Å². The summed E-state index contributed by atoms with van der Waals surface area (Å²) >= 11 is 1.46. The van der Waals surface area contributed by atoms with Crippen LogP contribution in [0.4, 0.5) is 18.9 Å². The fraction of sp³-hybridized carbons (Fsp3) is 0.267. The van der Waals surface area contributed by atoms with E-state index in [2.05, 4.69) is 5.32 Å². The minimum atomic E-state index is -4.59. The molecule has 0 radical (unpaired) electrons. The first kappa shape index (κ1) is 16.3. The van der Waals surface area contributed by atoms with Crippen LogP contribution in [0.15, 0.2) is 35.7 Å². The molecule has 0 aliphatic heterocycles. The number of aliphatic hydroxyl groups is 1. The second-order valence-corrected chi connectivity index (χ2v) is 5.57. The van der Waals surface area contributed by atoms with Crippen molar-refractivity contribution in [3.8, 4) is 6.07 Å². The number of anilines is 1. The zero-order valence-electron chi connectivity index (χ0n) is 11.4. The highest BCUT2D eigenvalue weighted by Gasteiger charge is 2.34. The van der Waals surface area contributed by atoms with Crippen LogP contribution in [0, 0.1) is 11.3 Å². The Morgan fingerprint density at radius 2 is 2.09 bits per heavy atom. The molecule has 1 aromatic carbocycles. The fourth-order valence-electron chi connectivity index (χ4n) is 2.07. The van der Waals surface area contributed by atoms with E-state index in [4.69, 9.17) is 10.4 Å². The first-order chi connectivity index (χ1) is 10.5. The van der Waals surface area contributed by atoms with Gasteiger partial charge >= 0.3 is 6.18 Å². The lowest BCUT2D eigenvalue weighted by Crippen LogP contribution is -2.13. The maximum atomic E-state index is 13.0. The molecule has 3 nitrogen and oxygen atoms in total. The molecule has 1 unspecified atom stereocenters. The monoisotopic (exact) mass is 326 g/mol. The van der Waals surface area contributed by atoms with Gasteiger partial charge in [-0.05, 0) is 36.1 Å². The molecule has 0 amide bonds. The largest absolute Gasteiger partial charge is 0.417 e. The molecule has 2 N–H and O–H groups in total. The summed E-state index contributed by atoms with van der Waals surface area (Å²) in [6.45, 7) is -0.0853. The van der Waals surface area contributed by atoms with E-state index in [1.165, 1.54) is 17.4 Å². The highest BCUT2D eigenvalue weighted by molar-refractivity contribution is 7.10. The third-order valence-corrected chi connectivity index (χ3v) is 4.08. The third kappa shape index (κ3) is 3.78. The fourth-order valence-corrected chi connectivity index (χ4v) is 2.88. The smallest absolute Gasteiger partial charge is 0.396 e. The van der Waals surface area contributed by atoms with Crippen molar-refractivity contribution in [1.29, 1.82) is 5.26 Å². The van der Waals surface area contributed by atoms with Gasteiger partial charge in [0.25, 0.3) is 0 Å². The molecule has 1 aromatic heterocycles. The van der Waals surface area contributed by atoms with Crippen LogP contribution in [0.3, 0.4) is 0 Å². The number of thiophene rings is 1. The molecule has 0 saturated heterocycles. The summed E-state index contributed by atoms with van der Waals surface area (Å²) in [5, 5.41) is 22.8. The molecule has 116 valence electrons. The van der Waals surface area contributed by atoms with Crippen LogP contribution in [-0.2, 0) is 6.18 Å². The molecule has 2 aromatic rings. The van der Waals surface area contributed by atoms with Crippen LogP contribution in [0.2, 0.25) is 0 Å². The molecule has 1 atom stereocenters. The summed E-state index contributed by atoms with van der Waals surface area (Å²) < 4.78 is 38.9. The predicted molar refractivity (Wildman–Crippen MR) is 78.5 cm³/mol. The second-order valence-electron chi connectivity index (χ2n) is 4.59. The average molecular weight is 326 g/mol. The van der Waals surface area contributed by atoms with E-state index < -0.39 is 17.3 Å². The van der Waals surface area contributed by atoms with Crippen molar-refractivity contribution in [2.75, 3.05) is 11.9 Å². The zero-order chi connectivity index (χ0) is 16.2. The molecular formula is C15H13F3N2OS. The lowest BCUT2D eigenvalue weighted by molar-refractivity contribution is -0.137. The number of nitrogens with one attached hydrogen (secondary N) is 1. The number of nitriles is 1. The molecule has 7 heteroatoms. The molecule has 1 heterocycles. The molecule has 0 fully saturated rings. The number of rotatable bonds is 5. The van der Waals surface area contributed by atoms with E-state index in [0.717, 1.165) is 17.0 Å². The van der Waals surface area contributed by atoms with Crippen molar-refractivity contribution < 1.29 is 18.3 Å². The SMILES string of the molecule is N#Cc1ccc(NC(CCO)c2cccs2)cc1C(F)(F)F. The predicted octanol–water partition coefficient (Wildman–Crippen LogP) is 4.17. The van der Waals surface area contributed by atoms with E-state index in [1.807, 2.05) is 17.5 Å². The van der Waals surface area contributed by atoms with Crippen molar-refractivity contribution in [2.45, 2.75) is 18.6 Å². The van der Waals surface area contributed by atoms with Crippen LogP contribution in [-0.4, -0.2) is 11.7 Å². The van der Waals surface area contributed by atoms with Gasteiger partial charge in [-0.1, -0.05) is 6.07 Å².